The number of nitrogens with zero attached hydrogens (tertiary/aromatic N) is 1. The van der Waals surface area contributed by atoms with Crippen molar-refractivity contribution >= 4 is 5.71 Å². The lowest BCUT2D eigenvalue weighted by Crippen LogP contribution is -2.43. The Bertz CT molecular complexity index is 456. The molecule has 0 aromatic carbocycles. The fourth-order valence-electron chi connectivity index (χ4n) is 4.04. The van der Waals surface area contributed by atoms with E-state index < -0.39 is 0 Å². The summed E-state index contributed by atoms with van der Waals surface area (Å²) in [5.41, 5.74) is 5.67. The molecular weight excluding hydrogens is 266 g/mol. The van der Waals surface area contributed by atoms with Gasteiger partial charge in [-0.15, -0.1) is 0 Å². The highest BCUT2D eigenvalue weighted by Crippen LogP contribution is 2.50. The predicted octanol–water partition coefficient (Wildman–Crippen LogP) is 6.66. The van der Waals surface area contributed by atoms with Gasteiger partial charge < -0.3 is 0 Å². The van der Waals surface area contributed by atoms with Crippen LogP contribution in [0.4, 0.5) is 0 Å². The molecule has 0 saturated heterocycles. The van der Waals surface area contributed by atoms with Crippen LogP contribution in [0.1, 0.15) is 75.2 Å². The summed E-state index contributed by atoms with van der Waals surface area (Å²) in [6.45, 7) is 20.8. The molecule has 0 heterocycles. The third-order valence-corrected chi connectivity index (χ3v) is 6.25. The van der Waals surface area contributed by atoms with Gasteiger partial charge in [0.25, 0.3) is 0 Å². The molecule has 3 atom stereocenters. The molecule has 0 N–H and O–H groups in total. The van der Waals surface area contributed by atoms with Crippen molar-refractivity contribution in [1.29, 1.82) is 0 Å². The van der Waals surface area contributed by atoms with Crippen molar-refractivity contribution in [2.75, 3.05) is 0 Å². The van der Waals surface area contributed by atoms with Crippen LogP contribution in [0.2, 0.25) is 0 Å². The van der Waals surface area contributed by atoms with Crippen molar-refractivity contribution in [3.63, 3.8) is 0 Å². The summed E-state index contributed by atoms with van der Waals surface area (Å²) in [6, 6.07) is 0. The molecule has 0 aromatic rings. The maximum absolute atomic E-state index is 4.79. The molecule has 1 aliphatic rings. The predicted molar refractivity (Wildman–Crippen MR) is 100 cm³/mol. The lowest BCUT2D eigenvalue weighted by atomic mass is 9.55. The summed E-state index contributed by atoms with van der Waals surface area (Å²) >= 11 is 0. The van der Waals surface area contributed by atoms with Gasteiger partial charge in [-0.1, -0.05) is 52.7 Å². The molecule has 0 bridgehead atoms. The van der Waals surface area contributed by atoms with Crippen LogP contribution < -0.4 is 0 Å². The second-order valence-corrected chi connectivity index (χ2v) is 7.55. The van der Waals surface area contributed by atoms with Crippen LogP contribution in [0.5, 0.6) is 0 Å². The highest BCUT2D eigenvalue weighted by atomic mass is 14.7. The van der Waals surface area contributed by atoms with Crippen molar-refractivity contribution in [3.05, 3.63) is 22.9 Å². The second-order valence-electron chi connectivity index (χ2n) is 7.55. The Morgan fingerprint density at radius 1 is 1.00 bits per heavy atom. The van der Waals surface area contributed by atoms with Crippen LogP contribution in [0.25, 0.3) is 0 Å². The molecular formula is C21H37N. The van der Waals surface area contributed by atoms with Crippen LogP contribution >= 0.6 is 0 Å². The maximum atomic E-state index is 4.79. The largest absolute Gasteiger partial charge is 0.261 e. The molecule has 1 aliphatic carbocycles. The normalized spacial score (nSPS) is 32.4. The summed E-state index contributed by atoms with van der Waals surface area (Å²) in [4.78, 5) is 4.79. The molecule has 0 aliphatic heterocycles. The number of aliphatic imine (C=N–C) groups is 1. The first-order valence-corrected chi connectivity index (χ1v) is 9.17. The lowest BCUT2D eigenvalue weighted by Gasteiger charge is -2.49. The van der Waals surface area contributed by atoms with Gasteiger partial charge in [-0.3, -0.25) is 4.99 Å². The first-order chi connectivity index (χ1) is 10.3. The molecule has 1 rings (SSSR count). The second kappa shape index (κ2) is 8.13. The maximum Gasteiger partial charge on any atom is 0.0406 e. The van der Waals surface area contributed by atoms with E-state index in [1.807, 2.05) is 0 Å². The van der Waals surface area contributed by atoms with Crippen molar-refractivity contribution in [2.24, 2.45) is 34.6 Å². The number of hydrogen-bond donors (Lipinski definition) is 0. The number of allylic oxidation sites excluding steroid dienone is 3. The van der Waals surface area contributed by atoms with Gasteiger partial charge in [-0.05, 0) is 68.8 Å². The van der Waals surface area contributed by atoms with Crippen LogP contribution in [-0.4, -0.2) is 5.71 Å². The van der Waals surface area contributed by atoms with E-state index in [0.717, 1.165) is 30.1 Å². The Labute approximate surface area is 139 Å². The first-order valence-electron chi connectivity index (χ1n) is 9.17. The summed E-state index contributed by atoms with van der Waals surface area (Å²) in [5, 5.41) is 0. The van der Waals surface area contributed by atoms with E-state index >= 15 is 0 Å². The SMILES string of the molecule is CC\C(C)=C/N=C(C)/C(=C(\C)C1C(C)C(C)C1C)C(C)CC. The van der Waals surface area contributed by atoms with Crippen molar-refractivity contribution in [2.45, 2.75) is 75.2 Å². The minimum absolute atomic E-state index is 0.592. The third-order valence-electron chi connectivity index (χ3n) is 6.25. The summed E-state index contributed by atoms with van der Waals surface area (Å²) < 4.78 is 0. The molecule has 126 valence electrons. The zero-order valence-electron chi connectivity index (χ0n) is 16.3. The highest BCUT2D eigenvalue weighted by molar-refractivity contribution is 5.99. The van der Waals surface area contributed by atoms with Gasteiger partial charge in [0.05, 0.1) is 0 Å². The van der Waals surface area contributed by atoms with Crippen LogP contribution in [0, 0.1) is 29.6 Å². The van der Waals surface area contributed by atoms with E-state index in [0.29, 0.717) is 5.92 Å². The van der Waals surface area contributed by atoms with Gasteiger partial charge in [-0.25, -0.2) is 0 Å². The molecule has 0 radical (unpaired) electrons. The topological polar surface area (TPSA) is 12.4 Å². The van der Waals surface area contributed by atoms with Gasteiger partial charge in [0.2, 0.25) is 0 Å². The Hall–Kier alpha value is -0.850. The van der Waals surface area contributed by atoms with Gasteiger partial charge in [-0.2, -0.15) is 0 Å². The van der Waals surface area contributed by atoms with E-state index in [-0.39, 0.29) is 0 Å². The van der Waals surface area contributed by atoms with Crippen molar-refractivity contribution in [3.8, 4) is 0 Å². The smallest absolute Gasteiger partial charge is 0.0406 e. The van der Waals surface area contributed by atoms with Gasteiger partial charge in [0, 0.05) is 11.9 Å². The summed E-state index contributed by atoms with van der Waals surface area (Å²) in [6.07, 6.45) is 4.31. The fourth-order valence-corrected chi connectivity index (χ4v) is 4.04. The average molecular weight is 304 g/mol. The van der Waals surface area contributed by atoms with Crippen LogP contribution in [0.3, 0.4) is 0 Å². The lowest BCUT2D eigenvalue weighted by molar-refractivity contribution is 0.0425. The van der Waals surface area contributed by atoms with E-state index in [1.54, 1.807) is 5.57 Å². The standard InChI is InChI=1S/C21H37N/c1-10-13(3)12-22-19(9)20(14(4)11-2)18(8)21-16(6)15(5)17(21)7/h12,14-17,21H,10-11H2,1-9H3/b13-12-,20-18+,22-19+. The van der Waals surface area contributed by atoms with Crippen LogP contribution in [-0.2, 0) is 0 Å². The molecule has 0 aromatic heterocycles. The minimum atomic E-state index is 0.592. The van der Waals surface area contributed by atoms with Crippen molar-refractivity contribution < 1.29 is 0 Å². The fraction of sp³-hybridized carbons (Fsp3) is 0.762. The highest BCUT2D eigenvalue weighted by Gasteiger charge is 2.43. The number of rotatable bonds is 6. The summed E-state index contributed by atoms with van der Waals surface area (Å²) in [5.74, 6) is 3.77. The monoisotopic (exact) mass is 303 g/mol. The third kappa shape index (κ3) is 3.91. The zero-order valence-corrected chi connectivity index (χ0v) is 16.3. The molecule has 1 nitrogen and oxygen atoms in total. The van der Waals surface area contributed by atoms with Crippen molar-refractivity contribution in [1.82, 2.24) is 0 Å². The van der Waals surface area contributed by atoms with Gasteiger partial charge >= 0.3 is 0 Å². The Morgan fingerprint density at radius 2 is 1.55 bits per heavy atom. The molecule has 1 saturated carbocycles. The number of hydrogen-bond acceptors (Lipinski definition) is 1. The van der Waals surface area contributed by atoms with Gasteiger partial charge in [0.15, 0.2) is 0 Å². The van der Waals surface area contributed by atoms with E-state index in [2.05, 4.69) is 68.5 Å². The quantitative estimate of drug-likeness (QED) is 0.486. The van der Waals surface area contributed by atoms with E-state index in [1.165, 1.54) is 23.3 Å². The molecule has 3 unspecified atom stereocenters. The molecule has 1 fully saturated rings. The molecule has 1 heteroatoms. The average Bonchev–Trinajstić information content (AvgIpc) is 2.52. The molecule has 0 amide bonds. The van der Waals surface area contributed by atoms with Gasteiger partial charge in [0.1, 0.15) is 0 Å². The first kappa shape index (κ1) is 19.2. The van der Waals surface area contributed by atoms with E-state index in [4.69, 9.17) is 4.99 Å². The summed E-state index contributed by atoms with van der Waals surface area (Å²) in [7, 11) is 0. The zero-order chi connectivity index (χ0) is 17.0. The Kier molecular flexibility index (Phi) is 7.09. The Balaban J connectivity index is 3.20. The Morgan fingerprint density at radius 3 is 2.00 bits per heavy atom. The van der Waals surface area contributed by atoms with E-state index in [9.17, 15) is 0 Å². The molecule has 0 spiro atoms. The van der Waals surface area contributed by atoms with Crippen LogP contribution in [0.15, 0.2) is 27.9 Å². The minimum Gasteiger partial charge on any atom is -0.261 e. The molecule has 22 heavy (non-hydrogen) atoms.